The minimum atomic E-state index is -0.552. The highest BCUT2D eigenvalue weighted by Gasteiger charge is 2.26. The lowest BCUT2D eigenvalue weighted by Crippen LogP contribution is -2.36. The summed E-state index contributed by atoms with van der Waals surface area (Å²) in [5.41, 5.74) is 1.91. The van der Waals surface area contributed by atoms with Crippen LogP contribution < -0.4 is 20.9 Å². The molecule has 0 saturated carbocycles. The van der Waals surface area contributed by atoms with Crippen LogP contribution in [-0.2, 0) is 13.1 Å². The lowest BCUT2D eigenvalue weighted by Gasteiger charge is -2.17. The van der Waals surface area contributed by atoms with Gasteiger partial charge in [0.2, 0.25) is 10.9 Å². The van der Waals surface area contributed by atoms with Gasteiger partial charge < -0.3 is 14.6 Å². The molecule has 0 aliphatic rings. The molecule has 0 aliphatic carbocycles. The van der Waals surface area contributed by atoms with E-state index >= 15 is 0 Å². The van der Waals surface area contributed by atoms with Gasteiger partial charge in [0, 0.05) is 23.2 Å². The van der Waals surface area contributed by atoms with Crippen molar-refractivity contribution in [2.75, 3.05) is 5.32 Å². The number of rotatable bonds is 8. The number of nitrogens with one attached hydrogen (secondary N) is 1. The summed E-state index contributed by atoms with van der Waals surface area (Å²) in [4.78, 5) is 30.0. The second kappa shape index (κ2) is 9.39. The summed E-state index contributed by atoms with van der Waals surface area (Å²) >= 11 is 6.21. The Morgan fingerprint density at radius 1 is 0.971 bits per heavy atom. The van der Waals surface area contributed by atoms with Crippen molar-refractivity contribution in [2.45, 2.75) is 26.9 Å². The van der Waals surface area contributed by atoms with Crippen molar-refractivity contribution in [1.29, 1.82) is 0 Å². The smallest absolute Gasteiger partial charge is 0.250 e. The zero-order chi connectivity index (χ0) is 24.5. The minimum absolute atomic E-state index is 0.262. The Hall–Kier alpha value is -3.90. The van der Waals surface area contributed by atoms with Gasteiger partial charge >= 0.3 is 0 Å². The molecule has 176 valence electrons. The van der Waals surface area contributed by atoms with E-state index in [4.69, 9.17) is 21.3 Å². The van der Waals surface area contributed by atoms with Crippen LogP contribution >= 0.6 is 11.6 Å². The van der Waals surface area contributed by atoms with Crippen molar-refractivity contribution in [3.63, 3.8) is 0 Å². The van der Waals surface area contributed by atoms with E-state index in [9.17, 15) is 9.59 Å². The van der Waals surface area contributed by atoms with Crippen molar-refractivity contribution in [1.82, 2.24) is 9.55 Å². The SMILES string of the molecule is CC(C)Cn1c(CNc2c(-c3ccc(Cl)cc3Oc3ccccc3)c(=O)c2=O)nc2ccccc21. The van der Waals surface area contributed by atoms with Crippen LogP contribution in [0.4, 0.5) is 5.69 Å². The number of fused-ring (bicyclic) bond motifs is 1. The van der Waals surface area contributed by atoms with E-state index in [2.05, 4.69) is 23.7 Å². The molecule has 6 nitrogen and oxygen atoms in total. The number of ether oxygens (including phenoxy) is 1. The van der Waals surface area contributed by atoms with Crippen LogP contribution in [0.25, 0.3) is 22.2 Å². The third-order valence-electron chi connectivity index (χ3n) is 5.80. The molecule has 4 aromatic carbocycles. The first-order valence-electron chi connectivity index (χ1n) is 11.5. The standard InChI is InChI=1S/C28H24ClN3O3/c1-17(2)16-32-22-11-7-6-10-21(22)31-24(32)15-30-26-25(27(33)28(26)34)20-13-12-18(29)14-23(20)35-19-8-4-3-5-9-19/h3-14,17,30H,15-16H2,1-2H3. The third kappa shape index (κ3) is 4.45. The van der Waals surface area contributed by atoms with Gasteiger partial charge in [-0.25, -0.2) is 4.98 Å². The molecular weight excluding hydrogens is 462 g/mol. The molecule has 1 heterocycles. The average Bonchev–Trinajstić information content (AvgIpc) is 3.19. The molecule has 35 heavy (non-hydrogen) atoms. The topological polar surface area (TPSA) is 73.2 Å². The summed E-state index contributed by atoms with van der Waals surface area (Å²) in [5.74, 6) is 2.23. The second-order valence-corrected chi connectivity index (χ2v) is 9.28. The normalized spacial score (nSPS) is 11.4. The first-order chi connectivity index (χ1) is 16.9. The lowest BCUT2D eigenvalue weighted by atomic mass is 9.97. The Morgan fingerprint density at radius 2 is 1.71 bits per heavy atom. The molecule has 0 aliphatic heterocycles. The molecule has 0 fully saturated rings. The summed E-state index contributed by atoms with van der Waals surface area (Å²) in [7, 11) is 0. The number of benzene rings is 3. The molecule has 1 N–H and O–H groups in total. The molecule has 0 saturated heterocycles. The Labute approximate surface area is 207 Å². The van der Waals surface area contributed by atoms with Crippen molar-refractivity contribution in [2.24, 2.45) is 5.92 Å². The molecule has 0 atom stereocenters. The Balaban J connectivity index is 1.49. The summed E-state index contributed by atoms with van der Waals surface area (Å²) in [6, 6.07) is 22.2. The second-order valence-electron chi connectivity index (χ2n) is 8.84. The van der Waals surface area contributed by atoms with Crippen LogP contribution in [0.3, 0.4) is 0 Å². The molecule has 1 aromatic heterocycles. The molecule has 5 aromatic rings. The van der Waals surface area contributed by atoms with Gasteiger partial charge in [0.15, 0.2) is 0 Å². The van der Waals surface area contributed by atoms with Crippen LogP contribution in [-0.4, -0.2) is 9.55 Å². The minimum Gasteiger partial charge on any atom is -0.457 e. The van der Waals surface area contributed by atoms with E-state index < -0.39 is 10.9 Å². The highest BCUT2D eigenvalue weighted by Crippen LogP contribution is 2.37. The van der Waals surface area contributed by atoms with Gasteiger partial charge in [-0.1, -0.05) is 55.8 Å². The Bertz CT molecular complexity index is 1580. The van der Waals surface area contributed by atoms with Gasteiger partial charge in [-0.3, -0.25) is 9.59 Å². The zero-order valence-corrected chi connectivity index (χ0v) is 20.2. The molecule has 0 amide bonds. The largest absolute Gasteiger partial charge is 0.457 e. The molecule has 7 heteroatoms. The number of aromatic nitrogens is 2. The predicted octanol–water partition coefficient (Wildman–Crippen LogP) is 6.01. The number of imidazole rings is 1. The number of hydrogen-bond acceptors (Lipinski definition) is 5. The summed E-state index contributed by atoms with van der Waals surface area (Å²) < 4.78 is 8.18. The monoisotopic (exact) mass is 485 g/mol. The van der Waals surface area contributed by atoms with Gasteiger partial charge in [0.1, 0.15) is 17.3 Å². The predicted molar refractivity (Wildman–Crippen MR) is 140 cm³/mol. The van der Waals surface area contributed by atoms with Gasteiger partial charge in [0.25, 0.3) is 0 Å². The van der Waals surface area contributed by atoms with Crippen molar-refractivity contribution < 1.29 is 4.74 Å². The summed E-state index contributed by atoms with van der Waals surface area (Å²) in [5, 5.41) is 3.65. The number of nitrogens with zero attached hydrogens (tertiary/aromatic N) is 2. The molecule has 0 radical (unpaired) electrons. The Morgan fingerprint density at radius 3 is 2.49 bits per heavy atom. The van der Waals surface area contributed by atoms with E-state index in [0.717, 1.165) is 23.4 Å². The highest BCUT2D eigenvalue weighted by atomic mass is 35.5. The van der Waals surface area contributed by atoms with Crippen molar-refractivity contribution in [3.8, 4) is 22.6 Å². The number of hydrogen-bond donors (Lipinski definition) is 1. The van der Waals surface area contributed by atoms with Crippen LogP contribution in [0.5, 0.6) is 11.5 Å². The fourth-order valence-corrected chi connectivity index (χ4v) is 4.38. The third-order valence-corrected chi connectivity index (χ3v) is 6.03. The van der Waals surface area contributed by atoms with Crippen LogP contribution in [0.1, 0.15) is 19.7 Å². The maximum absolute atomic E-state index is 12.7. The zero-order valence-electron chi connectivity index (χ0n) is 19.4. The van der Waals surface area contributed by atoms with Crippen LogP contribution in [0.2, 0.25) is 5.02 Å². The molecule has 5 rings (SSSR count). The van der Waals surface area contributed by atoms with Gasteiger partial charge in [-0.2, -0.15) is 0 Å². The first kappa shape index (κ1) is 22.9. The number of anilines is 1. The van der Waals surface area contributed by atoms with Gasteiger partial charge in [-0.05, 0) is 42.3 Å². The summed E-state index contributed by atoms with van der Waals surface area (Å²) in [6.45, 7) is 5.40. The molecule has 0 spiro atoms. The molecule has 0 unspecified atom stereocenters. The van der Waals surface area contributed by atoms with Crippen LogP contribution in [0.15, 0.2) is 82.4 Å². The fourth-order valence-electron chi connectivity index (χ4n) is 4.22. The summed E-state index contributed by atoms with van der Waals surface area (Å²) in [6.07, 6.45) is 0. The highest BCUT2D eigenvalue weighted by molar-refractivity contribution is 6.30. The first-order valence-corrected chi connectivity index (χ1v) is 11.8. The van der Waals surface area contributed by atoms with E-state index in [1.807, 2.05) is 54.6 Å². The average molecular weight is 486 g/mol. The number of para-hydroxylation sites is 3. The van der Waals surface area contributed by atoms with Crippen molar-refractivity contribution in [3.05, 3.63) is 104 Å². The van der Waals surface area contributed by atoms with E-state index in [0.29, 0.717) is 40.1 Å². The fraction of sp³-hybridized carbons (Fsp3) is 0.179. The van der Waals surface area contributed by atoms with Gasteiger partial charge in [0.05, 0.1) is 28.8 Å². The maximum atomic E-state index is 12.7. The van der Waals surface area contributed by atoms with E-state index in [1.165, 1.54) is 0 Å². The Kier molecular flexibility index (Phi) is 6.14. The van der Waals surface area contributed by atoms with Crippen molar-refractivity contribution >= 4 is 28.3 Å². The number of halogens is 1. The maximum Gasteiger partial charge on any atom is 0.250 e. The quantitative estimate of drug-likeness (QED) is 0.272. The lowest BCUT2D eigenvalue weighted by molar-refractivity contribution is 0.484. The molecular formula is C28H24ClN3O3. The van der Waals surface area contributed by atoms with Gasteiger partial charge in [-0.15, -0.1) is 0 Å². The van der Waals surface area contributed by atoms with E-state index in [-0.39, 0.29) is 5.69 Å². The van der Waals surface area contributed by atoms with Crippen LogP contribution in [0, 0.1) is 5.92 Å². The van der Waals surface area contributed by atoms with E-state index in [1.54, 1.807) is 18.2 Å². The molecule has 0 bridgehead atoms.